The number of aromatic nitrogens is 1. The number of ether oxygens (including phenoxy) is 1. The highest BCUT2D eigenvalue weighted by Gasteiger charge is 2.50. The van der Waals surface area contributed by atoms with Gasteiger partial charge in [-0.05, 0) is 102 Å². The molecule has 43 heavy (non-hydrogen) atoms. The van der Waals surface area contributed by atoms with Gasteiger partial charge in [0, 0.05) is 61.6 Å². The number of amides is 1. The van der Waals surface area contributed by atoms with E-state index < -0.39 is 5.41 Å². The largest absolute Gasteiger partial charge is 0.368 e. The molecule has 8 heteroatoms. The molecule has 1 aromatic carbocycles. The molecule has 1 saturated carbocycles. The van der Waals surface area contributed by atoms with Crippen molar-refractivity contribution in [1.29, 1.82) is 0 Å². The van der Waals surface area contributed by atoms with E-state index in [1.807, 2.05) is 4.90 Å². The second kappa shape index (κ2) is 11.4. The van der Waals surface area contributed by atoms with E-state index in [1.165, 1.54) is 49.5 Å². The minimum Gasteiger partial charge on any atom is -0.368 e. The maximum Gasteiger partial charge on any atom is 0.251 e. The van der Waals surface area contributed by atoms with E-state index in [9.17, 15) is 9.59 Å². The molecule has 7 nitrogen and oxygen atoms in total. The Morgan fingerprint density at radius 1 is 1.02 bits per heavy atom. The van der Waals surface area contributed by atoms with Gasteiger partial charge in [0.05, 0.1) is 11.1 Å². The Labute approximate surface area is 259 Å². The van der Waals surface area contributed by atoms with Crippen LogP contribution >= 0.6 is 11.3 Å². The Morgan fingerprint density at radius 3 is 2.42 bits per heavy atom. The van der Waals surface area contributed by atoms with Crippen molar-refractivity contribution in [3.63, 3.8) is 0 Å². The first-order valence-corrected chi connectivity index (χ1v) is 17.1. The van der Waals surface area contributed by atoms with E-state index in [0.717, 1.165) is 65.0 Å². The zero-order chi connectivity index (χ0) is 29.9. The molecule has 7 rings (SSSR count). The first-order chi connectivity index (χ1) is 20.7. The maximum absolute atomic E-state index is 14.0. The molecule has 4 unspecified atom stereocenters. The van der Waals surface area contributed by atoms with Crippen molar-refractivity contribution in [1.82, 2.24) is 20.1 Å². The summed E-state index contributed by atoms with van der Waals surface area (Å²) in [4.78, 5) is 37.5. The summed E-state index contributed by atoms with van der Waals surface area (Å²) < 4.78 is 5.66. The van der Waals surface area contributed by atoms with Crippen molar-refractivity contribution in [3.8, 4) is 11.3 Å². The quantitative estimate of drug-likeness (QED) is 0.370. The van der Waals surface area contributed by atoms with Gasteiger partial charge in [-0.25, -0.2) is 0 Å². The smallest absolute Gasteiger partial charge is 0.251 e. The number of piperidine rings is 1. The molecule has 0 spiro atoms. The number of nitrogens with zero attached hydrogens (tertiary/aromatic N) is 2. The van der Waals surface area contributed by atoms with E-state index in [1.54, 1.807) is 11.3 Å². The lowest BCUT2D eigenvalue weighted by molar-refractivity contribution is -0.142. The second-order valence-corrected chi connectivity index (χ2v) is 15.0. The Kier molecular flexibility index (Phi) is 7.77. The summed E-state index contributed by atoms with van der Waals surface area (Å²) in [6.45, 7) is 14.5. The number of carbonyl (C=O) groups excluding carboxylic acids is 2. The number of H-pyrrole nitrogens is 1. The number of hydrogen-bond donors (Lipinski definition) is 2. The van der Waals surface area contributed by atoms with Crippen molar-refractivity contribution in [2.75, 3.05) is 45.9 Å². The van der Waals surface area contributed by atoms with Gasteiger partial charge in [0.15, 0.2) is 0 Å². The summed E-state index contributed by atoms with van der Waals surface area (Å²) in [5, 5.41) is 4.85. The van der Waals surface area contributed by atoms with Gasteiger partial charge in [-0.1, -0.05) is 17.2 Å². The molecule has 3 aliphatic heterocycles. The number of nitrogens with one attached hydrogen (secondary N) is 2. The third-order valence-corrected chi connectivity index (χ3v) is 12.0. The average Bonchev–Trinajstić information content (AvgIpc) is 3.82. The lowest BCUT2D eigenvalue weighted by Gasteiger charge is -2.35. The molecule has 1 aliphatic carbocycles. The van der Waals surface area contributed by atoms with Gasteiger partial charge in [0.25, 0.3) is 5.91 Å². The lowest BCUT2D eigenvalue weighted by atomic mass is 9.76. The molecule has 0 radical (unpaired) electrons. The third-order valence-electron chi connectivity index (χ3n) is 10.6. The number of aromatic amines is 1. The fraction of sp³-hybridized carbons (Fsp3) is 0.600. The van der Waals surface area contributed by atoms with E-state index in [0.29, 0.717) is 24.3 Å². The summed E-state index contributed by atoms with van der Waals surface area (Å²) in [6, 6.07) is 9.45. The summed E-state index contributed by atoms with van der Waals surface area (Å²) in [6.07, 6.45) is 4.83. The number of thiophene rings is 1. The molecular weight excluding hydrogens is 556 g/mol. The first kappa shape index (κ1) is 29.2. The lowest BCUT2D eigenvalue weighted by Crippen LogP contribution is -2.51. The molecule has 3 saturated heterocycles. The fourth-order valence-corrected chi connectivity index (χ4v) is 9.38. The van der Waals surface area contributed by atoms with Crippen LogP contribution in [0.15, 0.2) is 24.3 Å². The number of ketones is 1. The minimum atomic E-state index is -0.509. The first-order valence-electron chi connectivity index (χ1n) is 16.3. The van der Waals surface area contributed by atoms with Crippen LogP contribution < -0.4 is 5.32 Å². The topological polar surface area (TPSA) is 77.7 Å². The van der Waals surface area contributed by atoms with Crippen LogP contribution in [0.2, 0.25) is 0 Å². The zero-order valence-electron chi connectivity index (χ0n) is 26.1. The molecule has 1 amide bonds. The molecule has 4 atom stereocenters. The van der Waals surface area contributed by atoms with E-state index in [4.69, 9.17) is 4.74 Å². The van der Waals surface area contributed by atoms with Gasteiger partial charge in [0.2, 0.25) is 0 Å². The SMILES string of the molecule is Cc1cc(C)cc(-c2[nH]c3sc(C(C)(C)C(=O)C4C5CCC4NC5)cc3c2CCN2CCN(C(=O)C3CCCO3)CC2)c1. The average molecular weight is 603 g/mol. The van der Waals surface area contributed by atoms with Crippen LogP contribution in [0.3, 0.4) is 0 Å². The van der Waals surface area contributed by atoms with Crippen molar-refractivity contribution in [3.05, 3.63) is 45.8 Å². The number of fused-ring (bicyclic) bond motifs is 3. The number of carbonyl (C=O) groups is 2. The third kappa shape index (κ3) is 5.39. The monoisotopic (exact) mass is 602 g/mol. The minimum absolute atomic E-state index is 0.145. The van der Waals surface area contributed by atoms with Crippen molar-refractivity contribution in [2.45, 2.75) is 77.4 Å². The van der Waals surface area contributed by atoms with Crippen LogP contribution in [0.25, 0.3) is 21.5 Å². The van der Waals surface area contributed by atoms with Gasteiger partial charge < -0.3 is 19.9 Å². The zero-order valence-corrected chi connectivity index (χ0v) is 26.9. The van der Waals surface area contributed by atoms with Gasteiger partial charge in [0.1, 0.15) is 16.7 Å². The van der Waals surface area contributed by atoms with E-state index in [2.05, 4.69) is 67.2 Å². The van der Waals surface area contributed by atoms with E-state index >= 15 is 0 Å². The highest BCUT2D eigenvalue weighted by atomic mass is 32.1. The van der Waals surface area contributed by atoms with Crippen LogP contribution in [-0.2, 0) is 26.2 Å². The number of hydrogen-bond acceptors (Lipinski definition) is 6. The van der Waals surface area contributed by atoms with Crippen LogP contribution in [0.5, 0.6) is 0 Å². The molecule has 2 bridgehead atoms. The number of Topliss-reactive ketones (excluding diaryl/α,β-unsaturated/α-hetero) is 1. The van der Waals surface area contributed by atoms with Crippen LogP contribution in [0.1, 0.15) is 61.1 Å². The summed E-state index contributed by atoms with van der Waals surface area (Å²) in [7, 11) is 0. The Hall–Kier alpha value is -2.52. The Morgan fingerprint density at radius 2 is 1.79 bits per heavy atom. The maximum atomic E-state index is 14.0. The number of benzene rings is 1. The normalized spacial score (nSPS) is 26.2. The molecule has 230 valence electrons. The molecule has 3 aromatic rings. The Bertz CT molecular complexity index is 1480. The second-order valence-electron chi connectivity index (χ2n) is 14.0. The predicted octanol–water partition coefficient (Wildman–Crippen LogP) is 5.22. The van der Waals surface area contributed by atoms with Gasteiger partial charge in [-0.2, -0.15) is 0 Å². The highest BCUT2D eigenvalue weighted by molar-refractivity contribution is 7.19. The number of piperazine rings is 1. The number of aryl methyl sites for hydroxylation is 2. The van der Waals surface area contributed by atoms with Crippen molar-refractivity contribution in [2.24, 2.45) is 11.8 Å². The van der Waals surface area contributed by atoms with Crippen LogP contribution in [-0.4, -0.2) is 84.5 Å². The Balaban J connectivity index is 1.13. The van der Waals surface area contributed by atoms with Crippen molar-refractivity contribution >= 4 is 33.2 Å². The summed E-state index contributed by atoms with van der Waals surface area (Å²) >= 11 is 1.76. The summed E-state index contributed by atoms with van der Waals surface area (Å²) in [5.74, 6) is 1.22. The van der Waals surface area contributed by atoms with E-state index in [-0.39, 0.29) is 17.9 Å². The standard InChI is InChI=1S/C35H46N4O3S/c1-21-16-22(2)18-24(17-21)31-25(9-10-38-11-13-39(14-12-38)34(41)28-6-5-15-42-28)26-19-29(43-33(26)37-31)35(3,4)32(40)30-23-7-8-27(30)36-20-23/h16-19,23,27-28,30,36-37H,5-15,20H2,1-4H3. The molecule has 4 fully saturated rings. The van der Waals surface area contributed by atoms with Crippen molar-refractivity contribution < 1.29 is 14.3 Å². The molecule has 2 aromatic heterocycles. The predicted molar refractivity (Wildman–Crippen MR) is 173 cm³/mol. The summed E-state index contributed by atoms with van der Waals surface area (Å²) in [5.41, 5.74) is 5.79. The van der Waals surface area contributed by atoms with Gasteiger partial charge >= 0.3 is 0 Å². The van der Waals surface area contributed by atoms with Gasteiger partial charge in [-0.3, -0.25) is 14.5 Å². The van der Waals surface area contributed by atoms with Crippen LogP contribution in [0.4, 0.5) is 0 Å². The molecule has 2 N–H and O–H groups in total. The molecular formula is C35H46N4O3S. The molecule has 4 aliphatic rings. The van der Waals surface area contributed by atoms with Gasteiger partial charge in [-0.15, -0.1) is 11.3 Å². The highest BCUT2D eigenvalue weighted by Crippen LogP contribution is 2.45. The van der Waals surface area contributed by atoms with Crippen LogP contribution in [0, 0.1) is 25.7 Å². The molecule has 5 heterocycles. The fourth-order valence-electron chi connectivity index (χ4n) is 8.18. The number of rotatable bonds is 8.